The monoisotopic (exact) mass is 275 g/mol. The van der Waals surface area contributed by atoms with Crippen molar-refractivity contribution < 1.29 is 4.79 Å². The van der Waals surface area contributed by atoms with E-state index in [2.05, 4.69) is 17.1 Å². The van der Waals surface area contributed by atoms with E-state index < -0.39 is 0 Å². The van der Waals surface area contributed by atoms with Crippen LogP contribution in [0.5, 0.6) is 0 Å². The quantitative estimate of drug-likeness (QED) is 0.829. The summed E-state index contributed by atoms with van der Waals surface area (Å²) in [5, 5.41) is 2.79. The van der Waals surface area contributed by atoms with Crippen molar-refractivity contribution in [3.05, 3.63) is 29.3 Å². The number of rotatable bonds is 4. The summed E-state index contributed by atoms with van der Waals surface area (Å²) < 4.78 is 0. The van der Waals surface area contributed by atoms with Crippen molar-refractivity contribution in [2.75, 3.05) is 25.4 Å². The average Bonchev–Trinajstić information content (AvgIpc) is 2.43. The number of carbonyl (C=O) groups is 1. The summed E-state index contributed by atoms with van der Waals surface area (Å²) >= 11 is 0. The fraction of sp³-hybridized carbons (Fsp3) is 0.562. The number of hydrogen-bond donors (Lipinski definition) is 2. The van der Waals surface area contributed by atoms with Gasteiger partial charge in [-0.15, -0.1) is 0 Å². The van der Waals surface area contributed by atoms with Gasteiger partial charge in [0.15, 0.2) is 0 Å². The summed E-state index contributed by atoms with van der Waals surface area (Å²) in [5.74, 6) is 0.779. The number of nitrogens with two attached hydrogens (primary N) is 1. The van der Waals surface area contributed by atoms with Crippen molar-refractivity contribution in [2.24, 2.45) is 5.92 Å². The first kappa shape index (κ1) is 14.9. The molecule has 3 N–H and O–H groups in total. The summed E-state index contributed by atoms with van der Waals surface area (Å²) in [5.41, 5.74) is 8.57. The molecule has 0 aliphatic carbocycles. The lowest BCUT2D eigenvalue weighted by Crippen LogP contribution is -2.32. The van der Waals surface area contributed by atoms with Gasteiger partial charge in [-0.1, -0.05) is 13.0 Å². The van der Waals surface area contributed by atoms with Gasteiger partial charge >= 0.3 is 0 Å². The van der Waals surface area contributed by atoms with E-state index in [0.29, 0.717) is 17.8 Å². The predicted molar refractivity (Wildman–Crippen MR) is 82.5 cm³/mol. The number of nitrogen functional groups attached to an aromatic ring is 1. The molecule has 1 heterocycles. The van der Waals surface area contributed by atoms with Crippen molar-refractivity contribution >= 4 is 11.6 Å². The molecule has 0 unspecified atom stereocenters. The highest BCUT2D eigenvalue weighted by atomic mass is 16.1. The number of anilines is 1. The van der Waals surface area contributed by atoms with Gasteiger partial charge in [-0.25, -0.2) is 0 Å². The minimum Gasteiger partial charge on any atom is -0.398 e. The van der Waals surface area contributed by atoms with Crippen molar-refractivity contribution in [1.29, 1.82) is 0 Å². The zero-order valence-corrected chi connectivity index (χ0v) is 12.5. The summed E-state index contributed by atoms with van der Waals surface area (Å²) in [6.07, 6.45) is 2.52. The number of nitrogens with zero attached hydrogens (tertiary/aromatic N) is 1. The molecule has 1 aromatic carbocycles. The molecule has 1 aliphatic heterocycles. The van der Waals surface area contributed by atoms with Crippen molar-refractivity contribution in [1.82, 2.24) is 10.2 Å². The topological polar surface area (TPSA) is 58.4 Å². The number of amides is 1. The third-order valence-corrected chi connectivity index (χ3v) is 4.02. The molecular formula is C16H25N3O. The Bertz CT molecular complexity index is 465. The SMILES string of the molecule is CCNC(=O)c1ccc(CN2CCC(C)CC2)c(N)c1. The Balaban J connectivity index is 2.00. The molecule has 1 amide bonds. The van der Waals surface area contributed by atoms with Gasteiger partial charge in [0.1, 0.15) is 0 Å². The highest BCUT2D eigenvalue weighted by molar-refractivity contribution is 5.95. The molecule has 1 saturated heterocycles. The number of benzene rings is 1. The Kier molecular flexibility index (Phi) is 5.01. The number of piperidine rings is 1. The van der Waals surface area contributed by atoms with E-state index in [-0.39, 0.29) is 5.91 Å². The molecule has 0 spiro atoms. The maximum absolute atomic E-state index is 11.8. The average molecular weight is 275 g/mol. The van der Waals surface area contributed by atoms with Gasteiger partial charge in [0.05, 0.1) is 0 Å². The van der Waals surface area contributed by atoms with Crippen LogP contribution < -0.4 is 11.1 Å². The van der Waals surface area contributed by atoms with E-state index in [1.54, 1.807) is 6.07 Å². The lowest BCUT2D eigenvalue weighted by Gasteiger charge is -2.30. The number of nitrogens with one attached hydrogen (secondary N) is 1. The molecule has 2 rings (SSSR count). The van der Waals surface area contributed by atoms with E-state index >= 15 is 0 Å². The maximum atomic E-state index is 11.8. The summed E-state index contributed by atoms with van der Waals surface area (Å²) in [6, 6.07) is 5.63. The second-order valence-corrected chi connectivity index (χ2v) is 5.73. The standard InChI is InChI=1S/C16H25N3O/c1-3-18-16(20)13-4-5-14(15(17)10-13)11-19-8-6-12(2)7-9-19/h4-5,10,12H,3,6-9,11,17H2,1-2H3,(H,18,20). The van der Waals surface area contributed by atoms with Gasteiger partial charge in [-0.05, 0) is 56.5 Å². The summed E-state index contributed by atoms with van der Waals surface area (Å²) in [6.45, 7) is 8.01. The largest absolute Gasteiger partial charge is 0.398 e. The second kappa shape index (κ2) is 6.75. The number of likely N-dealkylation sites (tertiary alicyclic amines) is 1. The molecule has 20 heavy (non-hydrogen) atoms. The summed E-state index contributed by atoms with van der Waals surface area (Å²) in [7, 11) is 0. The molecule has 0 aromatic heterocycles. The maximum Gasteiger partial charge on any atom is 0.251 e. The van der Waals surface area contributed by atoms with Crippen LogP contribution >= 0.6 is 0 Å². The lowest BCUT2D eigenvalue weighted by molar-refractivity contribution is 0.0956. The molecule has 0 saturated carbocycles. The zero-order valence-electron chi connectivity index (χ0n) is 12.5. The lowest BCUT2D eigenvalue weighted by atomic mass is 9.98. The van der Waals surface area contributed by atoms with Crippen LogP contribution in [0.15, 0.2) is 18.2 Å². The molecule has 0 radical (unpaired) electrons. The first-order valence-corrected chi connectivity index (χ1v) is 7.49. The third kappa shape index (κ3) is 3.73. The minimum atomic E-state index is -0.0578. The molecule has 110 valence electrons. The van der Waals surface area contributed by atoms with Crippen LogP contribution in [-0.2, 0) is 6.54 Å². The summed E-state index contributed by atoms with van der Waals surface area (Å²) in [4.78, 5) is 14.2. The zero-order chi connectivity index (χ0) is 14.5. The third-order valence-electron chi connectivity index (χ3n) is 4.02. The first-order chi connectivity index (χ1) is 9.60. The van der Waals surface area contributed by atoms with Crippen LogP contribution in [0.2, 0.25) is 0 Å². The molecule has 4 heteroatoms. The van der Waals surface area contributed by atoms with Gasteiger partial charge in [-0.2, -0.15) is 0 Å². The Hall–Kier alpha value is -1.55. The Labute approximate surface area is 121 Å². The van der Waals surface area contributed by atoms with E-state index in [1.807, 2.05) is 19.1 Å². The van der Waals surface area contributed by atoms with Crippen LogP contribution in [0.4, 0.5) is 5.69 Å². The van der Waals surface area contributed by atoms with Gasteiger partial charge in [0.25, 0.3) is 5.91 Å². The van der Waals surface area contributed by atoms with Crippen LogP contribution in [0.3, 0.4) is 0 Å². The molecule has 1 aliphatic rings. The van der Waals surface area contributed by atoms with Gasteiger partial charge < -0.3 is 11.1 Å². The highest BCUT2D eigenvalue weighted by Crippen LogP contribution is 2.21. The van der Waals surface area contributed by atoms with Gasteiger partial charge in [0.2, 0.25) is 0 Å². The first-order valence-electron chi connectivity index (χ1n) is 7.49. The Morgan fingerprint density at radius 2 is 2.10 bits per heavy atom. The molecule has 0 bridgehead atoms. The van der Waals surface area contributed by atoms with Crippen molar-refractivity contribution in [3.8, 4) is 0 Å². The van der Waals surface area contributed by atoms with Crippen molar-refractivity contribution in [3.63, 3.8) is 0 Å². The molecular weight excluding hydrogens is 250 g/mol. The van der Waals surface area contributed by atoms with E-state index in [9.17, 15) is 4.79 Å². The van der Waals surface area contributed by atoms with Crippen LogP contribution in [0.25, 0.3) is 0 Å². The van der Waals surface area contributed by atoms with E-state index in [1.165, 1.54) is 12.8 Å². The predicted octanol–water partition coefficient (Wildman–Crippen LogP) is 2.25. The normalized spacial score (nSPS) is 17.1. The van der Waals surface area contributed by atoms with Crippen LogP contribution in [-0.4, -0.2) is 30.4 Å². The second-order valence-electron chi connectivity index (χ2n) is 5.73. The molecule has 1 aromatic rings. The number of hydrogen-bond acceptors (Lipinski definition) is 3. The molecule has 0 atom stereocenters. The van der Waals surface area contributed by atoms with Crippen molar-refractivity contribution in [2.45, 2.75) is 33.2 Å². The van der Waals surface area contributed by atoms with E-state index in [0.717, 1.165) is 31.1 Å². The van der Waals surface area contributed by atoms with Gasteiger partial charge in [0, 0.05) is 24.3 Å². The fourth-order valence-corrected chi connectivity index (χ4v) is 2.60. The van der Waals surface area contributed by atoms with Gasteiger partial charge in [-0.3, -0.25) is 9.69 Å². The Morgan fingerprint density at radius 1 is 1.40 bits per heavy atom. The van der Waals surface area contributed by atoms with E-state index in [4.69, 9.17) is 5.73 Å². The molecule has 1 fully saturated rings. The minimum absolute atomic E-state index is 0.0578. The fourth-order valence-electron chi connectivity index (χ4n) is 2.60. The molecule has 4 nitrogen and oxygen atoms in total. The van der Waals surface area contributed by atoms with Crippen LogP contribution in [0.1, 0.15) is 42.6 Å². The highest BCUT2D eigenvalue weighted by Gasteiger charge is 2.17. The Morgan fingerprint density at radius 3 is 2.70 bits per heavy atom. The smallest absolute Gasteiger partial charge is 0.251 e. The number of carbonyl (C=O) groups excluding carboxylic acids is 1. The van der Waals surface area contributed by atoms with Crippen LogP contribution in [0, 0.1) is 5.92 Å².